The van der Waals surface area contributed by atoms with E-state index in [9.17, 15) is 18.4 Å². The van der Waals surface area contributed by atoms with Gasteiger partial charge in [-0.15, -0.1) is 0 Å². The molecule has 1 aromatic heterocycles. The molecule has 6 nitrogen and oxygen atoms in total. The molecule has 0 aliphatic heterocycles. The Hall–Kier alpha value is -2.77. The van der Waals surface area contributed by atoms with E-state index >= 15 is 0 Å². The normalized spacial score (nSPS) is 20.1. The van der Waals surface area contributed by atoms with Gasteiger partial charge in [0.1, 0.15) is 23.5 Å². The molecule has 8 heteroatoms. The maximum absolute atomic E-state index is 13.7. The fraction of sp³-hybridized carbons (Fsp3) is 0.312. The number of carbonyl (C=O) groups excluding carboxylic acids is 1. The summed E-state index contributed by atoms with van der Waals surface area (Å²) in [4.78, 5) is 26.9. The van der Waals surface area contributed by atoms with Crippen LogP contribution in [0.1, 0.15) is 29.8 Å². The number of nitrogens with zero attached hydrogens (tertiary/aromatic N) is 1. The van der Waals surface area contributed by atoms with Crippen molar-refractivity contribution in [1.29, 1.82) is 0 Å². The molecule has 1 fully saturated rings. The first kappa shape index (κ1) is 16.1. The average Bonchev–Trinajstić information content (AvgIpc) is 3.16. The van der Waals surface area contributed by atoms with Crippen molar-refractivity contribution in [3.05, 3.63) is 41.8 Å². The van der Waals surface area contributed by atoms with E-state index in [1.54, 1.807) is 0 Å². The number of benzene rings is 1. The van der Waals surface area contributed by atoms with Crippen molar-refractivity contribution in [3.8, 4) is 11.5 Å². The minimum absolute atomic E-state index is 0.119. The van der Waals surface area contributed by atoms with E-state index < -0.39 is 35.0 Å². The van der Waals surface area contributed by atoms with Crippen LogP contribution >= 0.6 is 0 Å². The Labute approximate surface area is 135 Å². The van der Waals surface area contributed by atoms with Crippen LogP contribution in [0.25, 0.3) is 11.5 Å². The van der Waals surface area contributed by atoms with Crippen LogP contribution in [-0.2, 0) is 4.79 Å². The molecule has 126 valence electrons. The first-order valence-electron chi connectivity index (χ1n) is 7.39. The highest BCUT2D eigenvalue weighted by molar-refractivity contribution is 5.92. The number of rotatable bonds is 4. The molecule has 2 atom stereocenters. The smallest absolute Gasteiger partial charge is 0.306 e. The van der Waals surface area contributed by atoms with Crippen molar-refractivity contribution in [3.63, 3.8) is 0 Å². The standard InChI is InChI=1S/C16H14F2N2O4/c17-10-2-1-3-11(18)13(10)15-20-12(7-24-15)14(21)19-9-5-4-8(6-9)16(22)23/h1-3,7-9H,4-6H2,(H,19,21)(H,22,23)/t8-,9+/m0/s1. The van der Waals surface area contributed by atoms with Crippen LogP contribution in [0, 0.1) is 17.6 Å². The summed E-state index contributed by atoms with van der Waals surface area (Å²) in [6.45, 7) is 0. The minimum atomic E-state index is -0.884. The highest BCUT2D eigenvalue weighted by atomic mass is 19.1. The molecule has 0 unspecified atom stereocenters. The van der Waals surface area contributed by atoms with Crippen LogP contribution in [-0.4, -0.2) is 28.0 Å². The molecular formula is C16H14F2N2O4. The minimum Gasteiger partial charge on any atom is -0.481 e. The Morgan fingerprint density at radius 2 is 1.96 bits per heavy atom. The Kier molecular flexibility index (Phi) is 4.28. The van der Waals surface area contributed by atoms with Gasteiger partial charge >= 0.3 is 5.97 Å². The van der Waals surface area contributed by atoms with Crippen molar-refractivity contribution >= 4 is 11.9 Å². The van der Waals surface area contributed by atoms with Gasteiger partial charge in [-0.05, 0) is 31.4 Å². The predicted molar refractivity (Wildman–Crippen MR) is 78.1 cm³/mol. The number of hydrogen-bond donors (Lipinski definition) is 2. The lowest BCUT2D eigenvalue weighted by Crippen LogP contribution is -2.33. The Bertz CT molecular complexity index is 770. The van der Waals surface area contributed by atoms with Crippen molar-refractivity contribution in [2.45, 2.75) is 25.3 Å². The first-order chi connectivity index (χ1) is 11.5. The quantitative estimate of drug-likeness (QED) is 0.895. The number of carbonyl (C=O) groups is 2. The van der Waals surface area contributed by atoms with Gasteiger partial charge in [-0.1, -0.05) is 6.07 Å². The molecule has 1 saturated carbocycles. The van der Waals surface area contributed by atoms with Crippen LogP contribution in [0.5, 0.6) is 0 Å². The van der Waals surface area contributed by atoms with E-state index in [0.717, 1.165) is 18.4 Å². The summed E-state index contributed by atoms with van der Waals surface area (Å²) in [5, 5.41) is 11.6. The van der Waals surface area contributed by atoms with E-state index in [1.165, 1.54) is 6.07 Å². The van der Waals surface area contributed by atoms with Gasteiger partial charge in [0.15, 0.2) is 5.69 Å². The van der Waals surface area contributed by atoms with Crippen molar-refractivity contribution < 1.29 is 27.9 Å². The van der Waals surface area contributed by atoms with Gasteiger partial charge in [0.05, 0.1) is 5.92 Å². The van der Waals surface area contributed by atoms with Gasteiger partial charge in [-0.2, -0.15) is 0 Å². The summed E-state index contributed by atoms with van der Waals surface area (Å²) in [5.74, 6) is -3.95. The summed E-state index contributed by atoms with van der Waals surface area (Å²) < 4.78 is 32.4. The Morgan fingerprint density at radius 1 is 1.25 bits per heavy atom. The predicted octanol–water partition coefficient (Wildman–Crippen LogP) is 2.60. The maximum atomic E-state index is 13.7. The third-order valence-electron chi connectivity index (χ3n) is 4.03. The summed E-state index contributed by atoms with van der Waals surface area (Å²) in [6, 6.07) is 3.06. The van der Waals surface area contributed by atoms with Gasteiger partial charge < -0.3 is 14.8 Å². The van der Waals surface area contributed by atoms with E-state index in [2.05, 4.69) is 10.3 Å². The molecule has 0 radical (unpaired) electrons. The van der Waals surface area contributed by atoms with E-state index in [-0.39, 0.29) is 17.6 Å². The molecule has 0 spiro atoms. The van der Waals surface area contributed by atoms with Crippen molar-refractivity contribution in [2.24, 2.45) is 5.92 Å². The Balaban J connectivity index is 1.72. The maximum Gasteiger partial charge on any atom is 0.306 e. The second-order valence-electron chi connectivity index (χ2n) is 5.65. The summed E-state index contributed by atoms with van der Waals surface area (Å²) in [7, 11) is 0. The molecule has 2 N–H and O–H groups in total. The van der Waals surface area contributed by atoms with E-state index in [1.807, 2.05) is 0 Å². The molecular weight excluding hydrogens is 322 g/mol. The van der Waals surface area contributed by atoms with E-state index in [0.29, 0.717) is 19.3 Å². The topological polar surface area (TPSA) is 92.4 Å². The van der Waals surface area contributed by atoms with Gasteiger partial charge in [0, 0.05) is 6.04 Å². The number of hydrogen-bond acceptors (Lipinski definition) is 4. The monoisotopic (exact) mass is 336 g/mol. The number of aromatic nitrogens is 1. The van der Waals surface area contributed by atoms with E-state index in [4.69, 9.17) is 9.52 Å². The number of amides is 1. The molecule has 1 heterocycles. The summed E-state index contributed by atoms with van der Waals surface area (Å²) >= 11 is 0. The van der Waals surface area contributed by atoms with Crippen LogP contribution < -0.4 is 5.32 Å². The number of nitrogens with one attached hydrogen (secondary N) is 1. The van der Waals surface area contributed by atoms with Crippen LogP contribution in [0.2, 0.25) is 0 Å². The van der Waals surface area contributed by atoms with Crippen LogP contribution in [0.4, 0.5) is 8.78 Å². The third-order valence-corrected chi connectivity index (χ3v) is 4.03. The number of aliphatic carboxylic acids is 1. The number of carboxylic acids is 1. The molecule has 0 saturated heterocycles. The molecule has 1 amide bonds. The number of oxazole rings is 1. The fourth-order valence-corrected chi connectivity index (χ4v) is 2.79. The zero-order chi connectivity index (χ0) is 17.3. The second kappa shape index (κ2) is 6.38. The first-order valence-corrected chi connectivity index (χ1v) is 7.39. The lowest BCUT2D eigenvalue weighted by molar-refractivity contribution is -0.141. The zero-order valence-corrected chi connectivity index (χ0v) is 12.5. The molecule has 24 heavy (non-hydrogen) atoms. The lowest BCUT2D eigenvalue weighted by Gasteiger charge is -2.10. The van der Waals surface area contributed by atoms with Crippen LogP contribution in [0.15, 0.2) is 28.9 Å². The van der Waals surface area contributed by atoms with Crippen molar-refractivity contribution in [1.82, 2.24) is 10.3 Å². The molecule has 0 bridgehead atoms. The number of carboxylic acid groups (broad SMARTS) is 1. The molecule has 1 aliphatic rings. The second-order valence-corrected chi connectivity index (χ2v) is 5.65. The molecule has 1 aliphatic carbocycles. The third kappa shape index (κ3) is 3.12. The zero-order valence-electron chi connectivity index (χ0n) is 12.5. The van der Waals surface area contributed by atoms with Gasteiger partial charge in [-0.3, -0.25) is 9.59 Å². The van der Waals surface area contributed by atoms with Gasteiger partial charge in [0.2, 0.25) is 5.89 Å². The Morgan fingerprint density at radius 3 is 2.58 bits per heavy atom. The van der Waals surface area contributed by atoms with Crippen molar-refractivity contribution in [2.75, 3.05) is 0 Å². The fourth-order valence-electron chi connectivity index (χ4n) is 2.79. The summed E-state index contributed by atoms with van der Waals surface area (Å²) in [5.41, 5.74) is -0.560. The van der Waals surface area contributed by atoms with Gasteiger partial charge in [0.25, 0.3) is 5.91 Å². The van der Waals surface area contributed by atoms with Crippen LogP contribution in [0.3, 0.4) is 0 Å². The SMILES string of the molecule is O=C(N[C@@H]1CC[C@H](C(=O)O)C1)c1coc(-c2c(F)cccc2F)n1. The highest BCUT2D eigenvalue weighted by Gasteiger charge is 2.31. The highest BCUT2D eigenvalue weighted by Crippen LogP contribution is 2.27. The molecule has 2 aromatic rings. The molecule has 1 aromatic carbocycles. The lowest BCUT2D eigenvalue weighted by atomic mass is 10.1. The summed E-state index contributed by atoms with van der Waals surface area (Å²) in [6.07, 6.45) is 2.40. The largest absolute Gasteiger partial charge is 0.481 e. The number of halogens is 2. The molecule has 3 rings (SSSR count). The van der Waals surface area contributed by atoms with Gasteiger partial charge in [-0.25, -0.2) is 13.8 Å². The average molecular weight is 336 g/mol.